The molecule has 0 amide bonds. The molecule has 0 fully saturated rings. The van der Waals surface area contributed by atoms with Gasteiger partial charge in [-0.05, 0) is 19.1 Å². The number of hydrogen-bond acceptors (Lipinski definition) is 3. The predicted octanol–water partition coefficient (Wildman–Crippen LogP) is 2.57. The second kappa shape index (κ2) is 5.93. The van der Waals surface area contributed by atoms with Crippen molar-refractivity contribution in [1.29, 1.82) is 0 Å². The first kappa shape index (κ1) is 13.9. The van der Waals surface area contributed by atoms with Crippen molar-refractivity contribution in [3.05, 3.63) is 34.4 Å². The van der Waals surface area contributed by atoms with Crippen molar-refractivity contribution < 1.29 is 18.3 Å². The van der Waals surface area contributed by atoms with Gasteiger partial charge in [0.05, 0.1) is 13.0 Å². The van der Waals surface area contributed by atoms with E-state index in [0.717, 1.165) is 12.1 Å². The summed E-state index contributed by atoms with van der Waals surface area (Å²) >= 11 is 5.47. The summed E-state index contributed by atoms with van der Waals surface area (Å²) in [6, 6.07) is 0.807. The highest BCUT2D eigenvalue weighted by Crippen LogP contribution is 2.25. The van der Waals surface area contributed by atoms with Gasteiger partial charge in [0.25, 0.3) is 0 Å². The molecule has 1 aromatic rings. The third-order valence-electron chi connectivity index (χ3n) is 2.11. The van der Waals surface area contributed by atoms with Crippen molar-refractivity contribution >= 4 is 17.6 Å². The van der Waals surface area contributed by atoms with E-state index < -0.39 is 23.6 Å². The van der Waals surface area contributed by atoms with Crippen LogP contribution in [0.25, 0.3) is 0 Å². The molecule has 0 saturated carbocycles. The molecule has 1 aromatic carbocycles. The molecule has 0 heterocycles. The van der Waals surface area contributed by atoms with Crippen LogP contribution in [-0.4, -0.2) is 12.6 Å². The molecule has 0 saturated heterocycles. The average molecular weight is 264 g/mol. The van der Waals surface area contributed by atoms with E-state index in [1.54, 1.807) is 6.92 Å². The van der Waals surface area contributed by atoms with Gasteiger partial charge in [0.1, 0.15) is 11.6 Å². The standard InChI is InChI=1S/C11H12ClF2NO2/c1-2-17-10(16)5-9(15)11-7(13)3-6(12)4-8(11)14/h3-4,9H,2,5,15H2,1H3/t9-/m1/s1. The summed E-state index contributed by atoms with van der Waals surface area (Å²) in [5.41, 5.74) is 5.20. The highest BCUT2D eigenvalue weighted by molar-refractivity contribution is 6.30. The Hall–Kier alpha value is -1.20. The van der Waals surface area contributed by atoms with Crippen LogP contribution in [0.15, 0.2) is 12.1 Å². The molecule has 0 unspecified atom stereocenters. The number of rotatable bonds is 4. The summed E-state index contributed by atoms with van der Waals surface area (Å²) in [7, 11) is 0. The van der Waals surface area contributed by atoms with Crippen molar-refractivity contribution in [1.82, 2.24) is 0 Å². The molecule has 3 nitrogen and oxygen atoms in total. The van der Waals surface area contributed by atoms with Gasteiger partial charge in [0.15, 0.2) is 0 Å². The Balaban J connectivity index is 2.89. The Morgan fingerprint density at radius 2 is 2.00 bits per heavy atom. The van der Waals surface area contributed by atoms with E-state index in [1.165, 1.54) is 0 Å². The minimum absolute atomic E-state index is 0.0629. The minimum Gasteiger partial charge on any atom is -0.466 e. The molecule has 94 valence electrons. The van der Waals surface area contributed by atoms with Crippen LogP contribution in [-0.2, 0) is 9.53 Å². The molecule has 0 aromatic heterocycles. The topological polar surface area (TPSA) is 52.3 Å². The van der Waals surface area contributed by atoms with Crippen LogP contribution in [0, 0.1) is 11.6 Å². The molecule has 0 aliphatic carbocycles. The third kappa shape index (κ3) is 3.64. The van der Waals surface area contributed by atoms with Crippen molar-refractivity contribution in [2.24, 2.45) is 5.73 Å². The molecule has 0 aliphatic rings. The number of halogens is 3. The van der Waals surface area contributed by atoms with E-state index in [2.05, 4.69) is 4.74 Å². The molecule has 1 rings (SSSR count). The summed E-state index contributed by atoms with van der Waals surface area (Å²) in [6.07, 6.45) is -0.288. The van der Waals surface area contributed by atoms with Crippen LogP contribution in [0.4, 0.5) is 8.78 Å². The van der Waals surface area contributed by atoms with Crippen molar-refractivity contribution in [3.8, 4) is 0 Å². The fourth-order valence-electron chi connectivity index (χ4n) is 1.41. The highest BCUT2D eigenvalue weighted by atomic mass is 35.5. The van der Waals surface area contributed by atoms with Crippen molar-refractivity contribution in [3.63, 3.8) is 0 Å². The van der Waals surface area contributed by atoms with E-state index in [1.807, 2.05) is 0 Å². The maximum atomic E-state index is 13.4. The number of carbonyl (C=O) groups excluding carboxylic acids is 1. The fraction of sp³-hybridized carbons (Fsp3) is 0.364. The number of esters is 1. The lowest BCUT2D eigenvalue weighted by Crippen LogP contribution is -2.19. The van der Waals surface area contributed by atoms with Crippen molar-refractivity contribution in [2.45, 2.75) is 19.4 Å². The number of hydrogen-bond donors (Lipinski definition) is 1. The van der Waals surface area contributed by atoms with Gasteiger partial charge in [-0.15, -0.1) is 0 Å². The van der Waals surface area contributed by atoms with E-state index >= 15 is 0 Å². The Kier molecular flexibility index (Phi) is 4.84. The summed E-state index contributed by atoms with van der Waals surface area (Å²) in [6.45, 7) is 1.82. The Morgan fingerprint density at radius 1 is 1.47 bits per heavy atom. The Bertz CT molecular complexity index is 403. The van der Waals surface area contributed by atoms with Gasteiger partial charge in [-0.25, -0.2) is 8.78 Å². The molecule has 6 heteroatoms. The SMILES string of the molecule is CCOC(=O)C[C@@H](N)c1c(F)cc(Cl)cc1F. The molecule has 0 bridgehead atoms. The van der Waals surface area contributed by atoms with Crippen LogP contribution in [0.2, 0.25) is 5.02 Å². The van der Waals surface area contributed by atoms with E-state index in [4.69, 9.17) is 17.3 Å². The first-order valence-electron chi connectivity index (χ1n) is 5.01. The number of carbonyl (C=O) groups is 1. The molecule has 17 heavy (non-hydrogen) atoms. The van der Waals surface area contributed by atoms with Crippen LogP contribution in [0.3, 0.4) is 0 Å². The molecular weight excluding hydrogens is 252 g/mol. The normalized spacial score (nSPS) is 12.3. The fourth-order valence-corrected chi connectivity index (χ4v) is 1.60. The number of benzene rings is 1. The second-order valence-electron chi connectivity index (χ2n) is 3.40. The summed E-state index contributed by atoms with van der Waals surface area (Å²) in [4.78, 5) is 11.1. The maximum absolute atomic E-state index is 13.4. The van der Waals surface area contributed by atoms with E-state index in [9.17, 15) is 13.6 Å². The molecule has 0 spiro atoms. The van der Waals surface area contributed by atoms with Gasteiger partial charge in [0, 0.05) is 16.6 Å². The van der Waals surface area contributed by atoms with Crippen molar-refractivity contribution in [2.75, 3.05) is 6.61 Å². The third-order valence-corrected chi connectivity index (χ3v) is 2.32. The lowest BCUT2D eigenvalue weighted by atomic mass is 10.0. The average Bonchev–Trinajstić information content (AvgIpc) is 2.15. The van der Waals surface area contributed by atoms with Crippen LogP contribution in [0.1, 0.15) is 24.9 Å². The quantitative estimate of drug-likeness (QED) is 0.850. The first-order chi connectivity index (χ1) is 7.95. The zero-order chi connectivity index (χ0) is 13.0. The lowest BCUT2D eigenvalue weighted by Gasteiger charge is -2.13. The lowest BCUT2D eigenvalue weighted by molar-refractivity contribution is -0.143. The smallest absolute Gasteiger partial charge is 0.307 e. The van der Waals surface area contributed by atoms with Gasteiger partial charge < -0.3 is 10.5 Å². The van der Waals surface area contributed by atoms with E-state index in [-0.39, 0.29) is 23.6 Å². The predicted molar refractivity (Wildman–Crippen MR) is 59.5 cm³/mol. The van der Waals surface area contributed by atoms with E-state index in [0.29, 0.717) is 0 Å². The minimum atomic E-state index is -1.09. The van der Waals surface area contributed by atoms with Crippen LogP contribution in [0.5, 0.6) is 0 Å². The molecule has 1 atom stereocenters. The van der Waals surface area contributed by atoms with Gasteiger partial charge in [0.2, 0.25) is 0 Å². The van der Waals surface area contributed by atoms with Crippen LogP contribution >= 0.6 is 11.6 Å². The molecule has 0 radical (unpaired) electrons. The van der Waals surface area contributed by atoms with Gasteiger partial charge in [-0.1, -0.05) is 11.6 Å². The van der Waals surface area contributed by atoms with Gasteiger partial charge >= 0.3 is 5.97 Å². The van der Waals surface area contributed by atoms with Crippen LogP contribution < -0.4 is 5.73 Å². The zero-order valence-corrected chi connectivity index (χ0v) is 9.93. The Morgan fingerprint density at radius 3 is 2.47 bits per heavy atom. The first-order valence-corrected chi connectivity index (χ1v) is 5.39. The monoisotopic (exact) mass is 263 g/mol. The summed E-state index contributed by atoms with van der Waals surface area (Å²) in [5, 5.41) is -0.0629. The summed E-state index contributed by atoms with van der Waals surface area (Å²) < 4.78 is 31.5. The van der Waals surface area contributed by atoms with Gasteiger partial charge in [-0.2, -0.15) is 0 Å². The highest BCUT2D eigenvalue weighted by Gasteiger charge is 2.20. The molecule has 2 N–H and O–H groups in total. The largest absolute Gasteiger partial charge is 0.466 e. The Labute approximate surface area is 103 Å². The number of ether oxygens (including phenoxy) is 1. The molecule has 0 aliphatic heterocycles. The zero-order valence-electron chi connectivity index (χ0n) is 9.17. The summed E-state index contributed by atoms with van der Waals surface area (Å²) in [5.74, 6) is -2.34. The maximum Gasteiger partial charge on any atom is 0.307 e. The molecular formula is C11H12ClF2NO2. The number of nitrogens with two attached hydrogens (primary N) is 1. The van der Waals surface area contributed by atoms with Gasteiger partial charge in [-0.3, -0.25) is 4.79 Å². The second-order valence-corrected chi connectivity index (χ2v) is 3.84.